The van der Waals surface area contributed by atoms with E-state index in [0.29, 0.717) is 0 Å². The molecule has 0 fully saturated rings. The third kappa shape index (κ3) is 2.59. The molecule has 1 aromatic heterocycles. The number of aliphatic hydroxyl groups excluding tert-OH is 1. The van der Waals surface area contributed by atoms with E-state index in [2.05, 4.69) is 10.3 Å². The van der Waals surface area contributed by atoms with Crippen molar-refractivity contribution in [2.45, 2.75) is 13.0 Å². The summed E-state index contributed by atoms with van der Waals surface area (Å²) in [5.41, 5.74) is -0.490. The average Bonchev–Trinajstić information content (AvgIpc) is 2.87. The summed E-state index contributed by atoms with van der Waals surface area (Å²) in [6.07, 6.45) is 0.477. The Morgan fingerprint density at radius 3 is 2.15 bits per heavy atom. The van der Waals surface area contributed by atoms with Crippen molar-refractivity contribution >= 4 is 11.4 Å². The van der Waals surface area contributed by atoms with E-state index in [0.717, 1.165) is 22.9 Å². The maximum absolute atomic E-state index is 10.8. The Balaban J connectivity index is 2.54. The molecular weight excluding hydrogens is 270 g/mol. The van der Waals surface area contributed by atoms with Gasteiger partial charge in [0.2, 0.25) is 0 Å². The summed E-state index contributed by atoms with van der Waals surface area (Å²) in [6, 6.07) is 3.12. The highest BCUT2D eigenvalue weighted by Crippen LogP contribution is 2.25. The van der Waals surface area contributed by atoms with Gasteiger partial charge in [0.05, 0.1) is 33.9 Å². The summed E-state index contributed by atoms with van der Waals surface area (Å²) in [4.78, 5) is 20.1. The fourth-order valence-corrected chi connectivity index (χ4v) is 1.52. The number of nitrogens with zero attached hydrogens (tertiary/aromatic N) is 5. The van der Waals surface area contributed by atoms with E-state index in [1.807, 2.05) is 0 Å². The van der Waals surface area contributed by atoms with Crippen LogP contribution in [0.3, 0.4) is 0 Å². The molecule has 2 aromatic rings. The highest BCUT2D eigenvalue weighted by molar-refractivity contribution is 5.52. The molecular formula is C10H9N5O5. The SMILES string of the molecule is CC(O)c1cn(-c2cc([N+](=O)[O-])cc([N+](=O)[O-])c2)nn1. The van der Waals surface area contributed by atoms with E-state index in [-0.39, 0.29) is 11.4 Å². The number of benzene rings is 1. The Morgan fingerprint density at radius 1 is 1.20 bits per heavy atom. The van der Waals surface area contributed by atoms with Gasteiger partial charge < -0.3 is 5.11 Å². The first-order valence-electron chi connectivity index (χ1n) is 5.43. The predicted molar refractivity (Wildman–Crippen MR) is 65.3 cm³/mol. The van der Waals surface area contributed by atoms with Gasteiger partial charge in [-0.1, -0.05) is 5.21 Å². The van der Waals surface area contributed by atoms with Gasteiger partial charge in [-0.3, -0.25) is 20.2 Å². The first-order chi connectivity index (χ1) is 9.38. The first-order valence-corrected chi connectivity index (χ1v) is 5.43. The van der Waals surface area contributed by atoms with Crippen LogP contribution in [0, 0.1) is 20.2 Å². The second-order valence-corrected chi connectivity index (χ2v) is 3.99. The summed E-state index contributed by atoms with van der Waals surface area (Å²) >= 11 is 0. The zero-order valence-corrected chi connectivity index (χ0v) is 10.2. The number of rotatable bonds is 4. The smallest absolute Gasteiger partial charge is 0.278 e. The molecule has 1 unspecified atom stereocenters. The van der Waals surface area contributed by atoms with Crippen molar-refractivity contribution < 1.29 is 15.0 Å². The molecule has 0 aliphatic carbocycles. The maximum atomic E-state index is 10.8. The normalized spacial score (nSPS) is 12.1. The summed E-state index contributed by atoms with van der Waals surface area (Å²) in [6.45, 7) is 1.48. The number of hydrogen-bond donors (Lipinski definition) is 1. The van der Waals surface area contributed by atoms with Crippen LogP contribution < -0.4 is 0 Å². The average molecular weight is 279 g/mol. The molecule has 10 nitrogen and oxygen atoms in total. The van der Waals surface area contributed by atoms with E-state index >= 15 is 0 Å². The van der Waals surface area contributed by atoms with Gasteiger partial charge in [-0.25, -0.2) is 4.68 Å². The van der Waals surface area contributed by atoms with Crippen LogP contribution >= 0.6 is 0 Å². The van der Waals surface area contributed by atoms with Gasteiger partial charge in [0, 0.05) is 12.1 Å². The van der Waals surface area contributed by atoms with E-state index in [9.17, 15) is 25.3 Å². The van der Waals surface area contributed by atoms with Gasteiger partial charge in [-0.15, -0.1) is 5.10 Å². The van der Waals surface area contributed by atoms with Crippen molar-refractivity contribution in [3.05, 3.63) is 50.3 Å². The van der Waals surface area contributed by atoms with E-state index in [1.54, 1.807) is 0 Å². The number of non-ortho nitro benzene ring substituents is 2. The van der Waals surface area contributed by atoms with Gasteiger partial charge in [0.1, 0.15) is 5.69 Å². The number of nitro benzene ring substituents is 2. The molecule has 0 aliphatic heterocycles. The molecule has 0 saturated heterocycles. The predicted octanol–water partition coefficient (Wildman–Crippen LogP) is 1.14. The Bertz CT molecular complexity index is 648. The number of hydrogen-bond acceptors (Lipinski definition) is 7. The highest BCUT2D eigenvalue weighted by atomic mass is 16.6. The van der Waals surface area contributed by atoms with Gasteiger partial charge in [0.15, 0.2) is 0 Å². The Hall–Kier alpha value is -2.88. The van der Waals surface area contributed by atoms with E-state index < -0.39 is 27.3 Å². The van der Waals surface area contributed by atoms with Crippen LogP contribution in [-0.2, 0) is 0 Å². The molecule has 2 rings (SSSR count). The number of nitro groups is 2. The molecule has 0 spiro atoms. The fraction of sp³-hybridized carbons (Fsp3) is 0.200. The Kier molecular flexibility index (Phi) is 3.39. The fourth-order valence-electron chi connectivity index (χ4n) is 1.52. The Morgan fingerprint density at radius 2 is 1.75 bits per heavy atom. The summed E-state index contributed by atoms with van der Waals surface area (Å²) in [7, 11) is 0. The molecule has 0 radical (unpaired) electrons. The molecule has 1 N–H and O–H groups in total. The zero-order valence-electron chi connectivity index (χ0n) is 10.2. The van der Waals surface area contributed by atoms with Crippen LogP contribution in [0.5, 0.6) is 0 Å². The molecule has 10 heteroatoms. The van der Waals surface area contributed by atoms with Crippen LogP contribution in [0.25, 0.3) is 5.69 Å². The largest absolute Gasteiger partial charge is 0.387 e. The van der Waals surface area contributed by atoms with Crippen molar-refractivity contribution in [1.82, 2.24) is 15.0 Å². The molecule has 0 bridgehead atoms. The van der Waals surface area contributed by atoms with E-state index in [1.165, 1.54) is 13.1 Å². The lowest BCUT2D eigenvalue weighted by atomic mass is 10.2. The summed E-state index contributed by atoms with van der Waals surface area (Å²) in [5, 5.41) is 38.2. The molecule has 0 aliphatic rings. The minimum Gasteiger partial charge on any atom is -0.387 e. The summed E-state index contributed by atoms with van der Waals surface area (Å²) < 4.78 is 1.13. The first kappa shape index (κ1) is 13.5. The van der Waals surface area contributed by atoms with Gasteiger partial charge >= 0.3 is 0 Å². The standard InChI is InChI=1S/C10H9N5O5/c1-6(16)10-5-13(12-11-10)7-2-8(14(17)18)4-9(3-7)15(19)20/h2-6,16H,1H3. The number of aliphatic hydroxyl groups is 1. The molecule has 1 atom stereocenters. The van der Waals surface area contributed by atoms with Crippen LogP contribution in [-0.4, -0.2) is 29.9 Å². The minimum absolute atomic E-state index is 0.116. The van der Waals surface area contributed by atoms with Crippen molar-refractivity contribution in [2.75, 3.05) is 0 Å². The third-order valence-corrected chi connectivity index (χ3v) is 2.51. The van der Waals surface area contributed by atoms with E-state index in [4.69, 9.17) is 0 Å². The quantitative estimate of drug-likeness (QED) is 0.654. The van der Waals surface area contributed by atoms with Crippen molar-refractivity contribution in [2.24, 2.45) is 0 Å². The molecule has 0 saturated carbocycles. The lowest BCUT2D eigenvalue weighted by Crippen LogP contribution is -1.99. The lowest BCUT2D eigenvalue weighted by Gasteiger charge is -2.01. The molecule has 1 heterocycles. The lowest BCUT2D eigenvalue weighted by molar-refractivity contribution is -0.394. The van der Waals surface area contributed by atoms with Crippen LogP contribution in [0.15, 0.2) is 24.4 Å². The van der Waals surface area contributed by atoms with Gasteiger partial charge in [-0.05, 0) is 6.92 Å². The maximum Gasteiger partial charge on any atom is 0.278 e. The molecule has 20 heavy (non-hydrogen) atoms. The zero-order chi connectivity index (χ0) is 14.9. The van der Waals surface area contributed by atoms with Crippen LogP contribution in [0.1, 0.15) is 18.7 Å². The number of aromatic nitrogens is 3. The highest BCUT2D eigenvalue weighted by Gasteiger charge is 2.18. The van der Waals surface area contributed by atoms with Crippen LogP contribution in [0.2, 0.25) is 0 Å². The topological polar surface area (TPSA) is 137 Å². The minimum atomic E-state index is -0.863. The molecule has 104 valence electrons. The summed E-state index contributed by atoms with van der Waals surface area (Å²) in [5.74, 6) is 0. The second kappa shape index (κ2) is 5.01. The van der Waals surface area contributed by atoms with Crippen molar-refractivity contribution in [3.8, 4) is 5.69 Å². The monoisotopic (exact) mass is 279 g/mol. The second-order valence-electron chi connectivity index (χ2n) is 3.99. The third-order valence-electron chi connectivity index (χ3n) is 2.51. The van der Waals surface area contributed by atoms with Crippen molar-refractivity contribution in [3.63, 3.8) is 0 Å². The molecule has 1 aromatic carbocycles. The van der Waals surface area contributed by atoms with Gasteiger partial charge in [-0.2, -0.15) is 0 Å². The van der Waals surface area contributed by atoms with Crippen molar-refractivity contribution in [1.29, 1.82) is 0 Å². The van der Waals surface area contributed by atoms with Gasteiger partial charge in [0.25, 0.3) is 11.4 Å². The Labute approximate surface area is 111 Å². The van der Waals surface area contributed by atoms with Crippen LogP contribution in [0.4, 0.5) is 11.4 Å². The molecule has 0 amide bonds.